The van der Waals surface area contributed by atoms with Crippen molar-refractivity contribution in [1.29, 1.82) is 0 Å². The van der Waals surface area contributed by atoms with Gasteiger partial charge in [-0.15, -0.1) is 0 Å². The molecule has 5 heterocycles. The first-order valence-corrected chi connectivity index (χ1v) is 16.6. The lowest BCUT2D eigenvalue weighted by molar-refractivity contribution is -0.115. The average Bonchev–Trinajstić information content (AvgIpc) is 3.13. The molecule has 0 spiro atoms. The molecule has 5 aromatic rings. The van der Waals surface area contributed by atoms with Gasteiger partial charge >= 0.3 is 0 Å². The number of nitrogens with one attached hydrogen (secondary N) is 4. The highest BCUT2D eigenvalue weighted by molar-refractivity contribution is 5.94. The summed E-state index contributed by atoms with van der Waals surface area (Å²) < 4.78 is 0. The van der Waals surface area contributed by atoms with Crippen LogP contribution in [0.15, 0.2) is 73.3 Å². The van der Waals surface area contributed by atoms with Crippen molar-refractivity contribution in [2.24, 2.45) is 0 Å². The van der Waals surface area contributed by atoms with Gasteiger partial charge in [-0.1, -0.05) is 0 Å². The Balaban J connectivity index is 1.70. The molecule has 14 heteroatoms. The number of rotatable bonds is 12. The third kappa shape index (κ3) is 10.8. The second-order valence-electron chi connectivity index (χ2n) is 11.6. The zero-order valence-electron chi connectivity index (χ0n) is 29.9. The molecule has 0 aliphatic heterocycles. The van der Waals surface area contributed by atoms with Crippen LogP contribution in [0.1, 0.15) is 72.7 Å². The molecule has 0 saturated carbocycles. The van der Waals surface area contributed by atoms with Crippen LogP contribution in [0.3, 0.4) is 0 Å². The summed E-state index contributed by atoms with van der Waals surface area (Å²) in [6, 6.07) is 14.2. The maximum Gasteiger partial charge on any atom is 0.222 e. The Morgan fingerprint density at radius 3 is 0.815 bits per heavy atom. The normalized spacial score (nSPS) is 11.3. The highest BCUT2D eigenvalue weighted by Crippen LogP contribution is 2.24. The highest BCUT2D eigenvalue weighted by Gasteiger charge is 2.12. The van der Waals surface area contributed by atoms with Crippen LogP contribution in [-0.4, -0.2) is 53.5 Å². The van der Waals surface area contributed by atoms with E-state index >= 15 is 0 Å². The van der Waals surface area contributed by atoms with Gasteiger partial charge in [-0.05, 0) is 97.1 Å². The number of carbonyl (C=O) groups excluding carboxylic acids is 4. The fraction of sp³-hybridized carbons (Fsp3) is 0.100. The van der Waals surface area contributed by atoms with Gasteiger partial charge in [0.05, 0.1) is 22.8 Å². The number of carbonyl (C=O) groups is 4. The molecule has 0 aliphatic rings. The van der Waals surface area contributed by atoms with Crippen molar-refractivity contribution >= 4 is 95.5 Å². The Labute approximate surface area is 311 Å². The van der Waals surface area contributed by atoms with Gasteiger partial charge < -0.3 is 21.3 Å². The van der Waals surface area contributed by atoms with Crippen molar-refractivity contribution in [2.75, 3.05) is 21.3 Å². The summed E-state index contributed by atoms with van der Waals surface area (Å²) in [4.78, 5) is 74.8. The van der Waals surface area contributed by atoms with Crippen LogP contribution < -0.4 is 21.3 Å². The first-order chi connectivity index (χ1) is 26.0. The maximum absolute atomic E-state index is 11.9. The molecule has 0 aliphatic carbocycles. The highest BCUT2D eigenvalue weighted by atomic mass is 16.2. The van der Waals surface area contributed by atoms with Crippen LogP contribution in [0, 0.1) is 0 Å². The van der Waals surface area contributed by atoms with Crippen molar-refractivity contribution in [3.05, 3.63) is 118 Å². The molecule has 4 N–H and O–H groups in total. The Kier molecular flexibility index (Phi) is 12.7. The third-order valence-corrected chi connectivity index (χ3v) is 7.22. The zero-order chi connectivity index (χ0) is 38.5. The molecule has 0 saturated heterocycles. The van der Waals surface area contributed by atoms with Crippen LogP contribution in [0.5, 0.6) is 0 Å². The monoisotopic (exact) mass is 720 g/mol. The van der Waals surface area contributed by atoms with Crippen molar-refractivity contribution in [3.63, 3.8) is 0 Å². The van der Waals surface area contributed by atoms with Crippen molar-refractivity contribution in [1.82, 2.24) is 29.9 Å². The van der Waals surface area contributed by atoms with Crippen LogP contribution in [0.2, 0.25) is 0 Å². The maximum atomic E-state index is 11.9. The molecule has 0 fully saturated rings. The minimum Gasteiger partial charge on any atom is -0.310 e. The minimum atomic E-state index is -0.272. The van der Waals surface area contributed by atoms with E-state index in [4.69, 9.17) is 9.97 Å². The van der Waals surface area contributed by atoms with E-state index in [-0.39, 0.29) is 23.6 Å². The van der Waals surface area contributed by atoms with Crippen LogP contribution in [0.4, 0.5) is 23.3 Å². The predicted octanol–water partition coefficient (Wildman–Crippen LogP) is 6.57. The largest absolute Gasteiger partial charge is 0.310 e. The Morgan fingerprint density at radius 2 is 0.611 bits per heavy atom. The van der Waals surface area contributed by atoms with Gasteiger partial charge in [0.25, 0.3) is 0 Å². The number of hydrogen-bond donors (Lipinski definition) is 4. The van der Waals surface area contributed by atoms with Gasteiger partial charge in [0.1, 0.15) is 23.3 Å². The van der Waals surface area contributed by atoms with Crippen molar-refractivity contribution < 1.29 is 19.2 Å². The number of nitrogens with zero attached hydrogens (tertiary/aromatic N) is 6. The molecular formula is C40H36N10O4. The van der Waals surface area contributed by atoms with Crippen molar-refractivity contribution in [3.8, 4) is 0 Å². The molecule has 14 nitrogen and oxygen atoms in total. The molecule has 0 aromatic carbocycles. The van der Waals surface area contributed by atoms with Gasteiger partial charge in [0.2, 0.25) is 23.6 Å². The van der Waals surface area contributed by atoms with E-state index in [0.717, 1.165) is 0 Å². The molecule has 5 rings (SSSR count). The lowest BCUT2D eigenvalue weighted by Gasteiger charge is -2.10. The summed E-state index contributed by atoms with van der Waals surface area (Å²) in [5.41, 5.74) is 4.29. The fourth-order valence-electron chi connectivity index (χ4n) is 4.95. The summed E-state index contributed by atoms with van der Waals surface area (Å²) in [5, 5.41) is 11.0. The summed E-state index contributed by atoms with van der Waals surface area (Å²) >= 11 is 0. The average molecular weight is 721 g/mol. The van der Waals surface area contributed by atoms with E-state index < -0.39 is 0 Å². The summed E-state index contributed by atoms with van der Waals surface area (Å²) in [7, 11) is 0. The topological polar surface area (TPSA) is 194 Å². The smallest absolute Gasteiger partial charge is 0.222 e. The molecule has 0 radical (unpaired) electrons. The van der Waals surface area contributed by atoms with Crippen LogP contribution in [0.25, 0.3) is 48.6 Å². The number of hydrogen-bond acceptors (Lipinski definition) is 10. The molecule has 5 aromatic heterocycles. The quantitative estimate of drug-likeness (QED) is 0.109. The second kappa shape index (κ2) is 18.1. The van der Waals surface area contributed by atoms with E-state index in [1.54, 1.807) is 122 Å². The molecule has 270 valence electrons. The Morgan fingerprint density at radius 1 is 0.389 bits per heavy atom. The van der Waals surface area contributed by atoms with Gasteiger partial charge in [0, 0.05) is 74.7 Å². The third-order valence-electron chi connectivity index (χ3n) is 7.22. The first kappa shape index (κ1) is 37.8. The summed E-state index contributed by atoms with van der Waals surface area (Å²) in [6.07, 6.45) is 20.4. The summed E-state index contributed by atoms with van der Waals surface area (Å²) in [5.74, 6) is 0.392. The molecule has 54 heavy (non-hydrogen) atoms. The van der Waals surface area contributed by atoms with Crippen molar-refractivity contribution in [2.45, 2.75) is 27.7 Å². The van der Waals surface area contributed by atoms with Gasteiger partial charge in [-0.25, -0.2) is 29.9 Å². The first-order valence-electron chi connectivity index (χ1n) is 16.6. The molecule has 0 bridgehead atoms. The fourth-order valence-corrected chi connectivity index (χ4v) is 4.95. The molecule has 0 unspecified atom stereocenters. The summed E-state index contributed by atoms with van der Waals surface area (Å²) in [6.45, 7) is 5.61. The van der Waals surface area contributed by atoms with Crippen LogP contribution >= 0.6 is 0 Å². The van der Waals surface area contributed by atoms with Crippen LogP contribution in [-0.2, 0) is 19.2 Å². The molecule has 4 amide bonds. The number of aromatic nitrogens is 6. The van der Waals surface area contributed by atoms with E-state index in [2.05, 4.69) is 41.2 Å². The number of pyridine rings is 4. The molecular weight excluding hydrogens is 685 g/mol. The Hall–Kier alpha value is -7.48. The Bertz CT molecular complexity index is 2010. The minimum absolute atomic E-state index is 0.272. The van der Waals surface area contributed by atoms with E-state index in [0.29, 0.717) is 68.3 Å². The van der Waals surface area contributed by atoms with Gasteiger partial charge in [0.15, 0.2) is 0 Å². The van der Waals surface area contributed by atoms with E-state index in [1.807, 2.05) is 0 Å². The van der Waals surface area contributed by atoms with E-state index in [9.17, 15) is 19.2 Å². The number of anilines is 4. The lowest BCUT2D eigenvalue weighted by atomic mass is 10.1. The predicted molar refractivity (Wildman–Crippen MR) is 212 cm³/mol. The zero-order valence-corrected chi connectivity index (χ0v) is 29.9. The van der Waals surface area contributed by atoms with Gasteiger partial charge in [-0.3, -0.25) is 19.2 Å². The standard InChI is InChI=1S/C40H36N10O4/c1-25(51)45-37-29(9-5-21-41-37)13-17-33-34(18-14-30-10-6-22-42-38(30)46-26(2)52)50-36(20-16-32-12-8-24-44-40(32)48-28(4)54)35(49-33)19-15-31-11-7-23-43-39(31)47-27(3)53/h5-24H,1-4H3,(H,41,45,51)(H,42,46,52)(H,43,47,53)(H,44,48,54). The van der Waals surface area contributed by atoms with E-state index in [1.165, 1.54) is 27.7 Å². The second-order valence-corrected chi connectivity index (χ2v) is 11.6. The van der Waals surface area contributed by atoms with Gasteiger partial charge in [-0.2, -0.15) is 0 Å². The SMILES string of the molecule is CC(=O)Nc1ncccc1C=Cc1nc(C=Cc2cccnc2NC(C)=O)c(C=Cc2cccnc2NC(C)=O)nc1C=Cc1cccnc1NC(C)=O. The number of amides is 4. The molecule has 0 atom stereocenters. The lowest BCUT2D eigenvalue weighted by Crippen LogP contribution is -2.08.